The first kappa shape index (κ1) is 9.36. The van der Waals surface area contributed by atoms with Crippen molar-refractivity contribution in [1.29, 1.82) is 0 Å². The van der Waals surface area contributed by atoms with Crippen LogP contribution < -0.4 is 0 Å². The molecule has 2 aromatic rings. The fourth-order valence-corrected chi connectivity index (χ4v) is 1.91. The van der Waals surface area contributed by atoms with Crippen molar-refractivity contribution in [3.8, 4) is 0 Å². The number of carbonyl (C=O) groups is 1. The SMILES string of the molecule is O=Cc1c(S)[nH]c(=S)c2ncccc12. The molecule has 0 aliphatic carbocycles. The number of thiol groups is 1. The van der Waals surface area contributed by atoms with Crippen LogP contribution in [0.25, 0.3) is 10.9 Å². The Balaban J connectivity index is 3.05. The molecule has 0 aliphatic rings. The first-order valence-electron chi connectivity index (χ1n) is 3.89. The van der Waals surface area contributed by atoms with Gasteiger partial charge in [0.15, 0.2) is 6.29 Å². The van der Waals surface area contributed by atoms with Crippen LogP contribution in [-0.4, -0.2) is 16.3 Å². The number of aromatic amines is 1. The summed E-state index contributed by atoms with van der Waals surface area (Å²) in [5.41, 5.74) is 1.12. The van der Waals surface area contributed by atoms with E-state index < -0.39 is 0 Å². The molecule has 0 aromatic carbocycles. The molecule has 2 rings (SSSR count). The van der Waals surface area contributed by atoms with Crippen LogP contribution in [0.2, 0.25) is 0 Å². The van der Waals surface area contributed by atoms with E-state index in [1.165, 1.54) is 0 Å². The van der Waals surface area contributed by atoms with Crippen molar-refractivity contribution in [2.75, 3.05) is 0 Å². The molecule has 0 spiro atoms. The Bertz CT molecular complexity index is 562. The number of rotatable bonds is 1. The normalized spacial score (nSPS) is 10.4. The van der Waals surface area contributed by atoms with Crippen molar-refractivity contribution in [1.82, 2.24) is 9.97 Å². The van der Waals surface area contributed by atoms with E-state index in [2.05, 4.69) is 22.6 Å². The second-order valence-electron chi connectivity index (χ2n) is 2.73. The van der Waals surface area contributed by atoms with Crippen molar-refractivity contribution >= 4 is 42.0 Å². The van der Waals surface area contributed by atoms with Gasteiger partial charge in [0.1, 0.15) is 10.2 Å². The molecule has 0 amide bonds. The number of hydrogen-bond donors (Lipinski definition) is 2. The summed E-state index contributed by atoms with van der Waals surface area (Å²) in [6.07, 6.45) is 2.39. The Morgan fingerprint density at radius 2 is 2.36 bits per heavy atom. The quantitative estimate of drug-likeness (QED) is 0.442. The Morgan fingerprint density at radius 1 is 1.57 bits per heavy atom. The number of carbonyl (C=O) groups excluding carboxylic acids is 1. The van der Waals surface area contributed by atoms with Gasteiger partial charge in [-0.15, -0.1) is 12.6 Å². The van der Waals surface area contributed by atoms with E-state index in [-0.39, 0.29) is 0 Å². The lowest BCUT2D eigenvalue weighted by Gasteiger charge is -2.02. The highest BCUT2D eigenvalue weighted by molar-refractivity contribution is 7.80. The lowest BCUT2D eigenvalue weighted by atomic mass is 10.2. The molecular formula is C9H6N2OS2. The van der Waals surface area contributed by atoms with Gasteiger partial charge in [0.05, 0.1) is 10.6 Å². The third-order valence-electron chi connectivity index (χ3n) is 1.92. The smallest absolute Gasteiger partial charge is 0.153 e. The van der Waals surface area contributed by atoms with Crippen molar-refractivity contribution in [3.63, 3.8) is 0 Å². The minimum atomic E-state index is 0.477. The lowest BCUT2D eigenvalue weighted by molar-refractivity contribution is 0.112. The first-order chi connectivity index (χ1) is 6.74. The highest BCUT2D eigenvalue weighted by Gasteiger charge is 2.06. The zero-order chi connectivity index (χ0) is 10.1. The summed E-state index contributed by atoms with van der Waals surface area (Å²) in [6.45, 7) is 0. The fraction of sp³-hybridized carbons (Fsp3) is 0. The second-order valence-corrected chi connectivity index (χ2v) is 3.59. The highest BCUT2D eigenvalue weighted by atomic mass is 32.1. The van der Waals surface area contributed by atoms with E-state index in [0.717, 1.165) is 11.7 Å². The molecule has 0 saturated heterocycles. The van der Waals surface area contributed by atoms with E-state index in [0.29, 0.717) is 20.7 Å². The molecule has 0 unspecified atom stereocenters. The predicted molar refractivity (Wildman–Crippen MR) is 59.6 cm³/mol. The average Bonchev–Trinajstić information content (AvgIpc) is 2.18. The molecule has 70 valence electrons. The number of nitrogens with one attached hydrogen (secondary N) is 1. The van der Waals surface area contributed by atoms with Crippen LogP contribution in [0.5, 0.6) is 0 Å². The number of aldehydes is 1. The van der Waals surface area contributed by atoms with Gasteiger partial charge in [-0.3, -0.25) is 9.78 Å². The van der Waals surface area contributed by atoms with E-state index >= 15 is 0 Å². The number of hydrogen-bond acceptors (Lipinski definition) is 4. The summed E-state index contributed by atoms with van der Waals surface area (Å²) < 4.78 is 0.496. The molecule has 0 radical (unpaired) electrons. The van der Waals surface area contributed by atoms with Gasteiger partial charge in [0, 0.05) is 11.6 Å². The molecule has 5 heteroatoms. The summed E-state index contributed by atoms with van der Waals surface area (Å²) in [7, 11) is 0. The third kappa shape index (κ3) is 1.34. The van der Waals surface area contributed by atoms with Gasteiger partial charge in [-0.25, -0.2) is 0 Å². The minimum absolute atomic E-state index is 0.477. The molecule has 0 aliphatic heterocycles. The minimum Gasteiger partial charge on any atom is -0.339 e. The second kappa shape index (κ2) is 3.51. The van der Waals surface area contributed by atoms with Crippen molar-refractivity contribution < 1.29 is 4.79 Å². The van der Waals surface area contributed by atoms with Crippen LogP contribution in [0.1, 0.15) is 10.4 Å². The van der Waals surface area contributed by atoms with E-state index in [9.17, 15) is 4.79 Å². The summed E-state index contributed by atoms with van der Waals surface area (Å²) >= 11 is 9.21. The molecule has 3 nitrogen and oxygen atoms in total. The van der Waals surface area contributed by atoms with Gasteiger partial charge in [-0.1, -0.05) is 18.3 Å². The molecule has 0 fully saturated rings. The maximum absolute atomic E-state index is 10.8. The molecule has 0 saturated carbocycles. The van der Waals surface area contributed by atoms with Crippen LogP contribution in [0, 0.1) is 4.64 Å². The van der Waals surface area contributed by atoms with E-state index in [1.54, 1.807) is 18.3 Å². The summed E-state index contributed by atoms with van der Waals surface area (Å²) in [5, 5.41) is 1.21. The molecule has 2 heterocycles. The summed E-state index contributed by atoms with van der Waals surface area (Å²) in [4.78, 5) is 17.7. The Morgan fingerprint density at radius 3 is 3.07 bits per heavy atom. The number of nitrogens with zero attached hydrogens (tertiary/aromatic N) is 1. The monoisotopic (exact) mass is 222 g/mol. The Labute approximate surface area is 90.6 Å². The molecule has 0 atom stereocenters. The van der Waals surface area contributed by atoms with Gasteiger partial charge >= 0.3 is 0 Å². The third-order valence-corrected chi connectivity index (χ3v) is 2.57. The zero-order valence-corrected chi connectivity index (χ0v) is 8.73. The average molecular weight is 222 g/mol. The van der Waals surface area contributed by atoms with Gasteiger partial charge < -0.3 is 4.98 Å². The number of fused-ring (bicyclic) bond motifs is 1. The zero-order valence-electron chi connectivity index (χ0n) is 7.02. The van der Waals surface area contributed by atoms with Crippen LogP contribution in [0.3, 0.4) is 0 Å². The number of aromatic nitrogens is 2. The van der Waals surface area contributed by atoms with Crippen LogP contribution >= 0.6 is 24.8 Å². The Kier molecular flexibility index (Phi) is 2.35. The van der Waals surface area contributed by atoms with Crippen molar-refractivity contribution in [3.05, 3.63) is 28.5 Å². The summed E-state index contributed by atoms with van der Waals surface area (Å²) in [5.74, 6) is 0. The highest BCUT2D eigenvalue weighted by Crippen LogP contribution is 2.20. The van der Waals surface area contributed by atoms with Gasteiger partial charge in [0.2, 0.25) is 0 Å². The molecule has 0 bridgehead atoms. The van der Waals surface area contributed by atoms with Gasteiger partial charge in [-0.05, 0) is 6.07 Å². The Hall–Kier alpha value is -1.20. The standard InChI is InChI=1S/C9H6N2OS2/c12-4-6-5-2-1-3-10-7(5)9(14)11-8(6)13/h1-4H,(H2,11,13,14). The number of H-pyrrole nitrogens is 1. The number of pyridine rings is 2. The largest absolute Gasteiger partial charge is 0.339 e. The topological polar surface area (TPSA) is 45.8 Å². The maximum atomic E-state index is 10.8. The fourth-order valence-electron chi connectivity index (χ4n) is 1.28. The van der Waals surface area contributed by atoms with Crippen LogP contribution in [-0.2, 0) is 0 Å². The van der Waals surface area contributed by atoms with Crippen molar-refractivity contribution in [2.24, 2.45) is 0 Å². The molecule has 14 heavy (non-hydrogen) atoms. The van der Waals surface area contributed by atoms with Crippen molar-refractivity contribution in [2.45, 2.75) is 5.03 Å². The summed E-state index contributed by atoms with van der Waals surface area (Å²) in [6, 6.07) is 3.56. The van der Waals surface area contributed by atoms with Crippen LogP contribution in [0.4, 0.5) is 0 Å². The first-order valence-corrected chi connectivity index (χ1v) is 4.74. The predicted octanol–water partition coefficient (Wildman–Crippen LogP) is 2.39. The van der Waals surface area contributed by atoms with Gasteiger partial charge in [0.25, 0.3) is 0 Å². The van der Waals surface area contributed by atoms with E-state index in [4.69, 9.17) is 12.2 Å². The lowest BCUT2D eigenvalue weighted by Crippen LogP contribution is -1.92. The van der Waals surface area contributed by atoms with Gasteiger partial charge in [-0.2, -0.15) is 0 Å². The molecule has 2 aromatic heterocycles. The molecule has 1 N–H and O–H groups in total. The molecular weight excluding hydrogens is 216 g/mol. The van der Waals surface area contributed by atoms with Crippen LogP contribution in [0.15, 0.2) is 23.4 Å². The maximum Gasteiger partial charge on any atom is 0.153 e. The van der Waals surface area contributed by atoms with E-state index in [1.807, 2.05) is 0 Å².